The van der Waals surface area contributed by atoms with E-state index in [0.29, 0.717) is 21.6 Å². The molecule has 0 unspecified atom stereocenters. The molecule has 0 spiro atoms. The van der Waals surface area contributed by atoms with Crippen LogP contribution in [0, 0.1) is 0 Å². The zero-order valence-electron chi connectivity index (χ0n) is 9.29. The van der Waals surface area contributed by atoms with Crippen molar-refractivity contribution in [1.29, 1.82) is 0 Å². The molecule has 18 heavy (non-hydrogen) atoms. The Morgan fingerprint density at radius 1 is 0.889 bits per heavy atom. The molecule has 0 aliphatic carbocycles. The minimum absolute atomic E-state index is 0.484. The molecule has 0 bridgehead atoms. The van der Waals surface area contributed by atoms with Crippen molar-refractivity contribution < 1.29 is 0 Å². The second-order valence-electron chi connectivity index (χ2n) is 3.65. The smallest absolute Gasteiger partial charge is 0.0603 e. The van der Waals surface area contributed by atoms with Gasteiger partial charge in [-0.3, -0.25) is 0 Å². The lowest BCUT2D eigenvalue weighted by molar-refractivity contribution is 1.07. The summed E-state index contributed by atoms with van der Waals surface area (Å²) < 4.78 is 0. The number of hydrogen-bond donors (Lipinski definition) is 1. The zero-order chi connectivity index (χ0) is 13.1. The number of hydrogen-bond acceptors (Lipinski definition) is 2. The van der Waals surface area contributed by atoms with Crippen molar-refractivity contribution in [3.05, 3.63) is 57.0 Å². The van der Waals surface area contributed by atoms with Crippen LogP contribution in [0.3, 0.4) is 0 Å². The summed E-state index contributed by atoms with van der Waals surface area (Å²) in [5, 5.41) is 1.77. The Kier molecular flexibility index (Phi) is 4.82. The van der Waals surface area contributed by atoms with Crippen LogP contribution in [-0.4, -0.2) is 0 Å². The van der Waals surface area contributed by atoms with Gasteiger partial charge >= 0.3 is 0 Å². The first-order chi connectivity index (χ1) is 8.60. The monoisotopic (exact) mass is 317 g/mol. The Hall–Kier alpha value is -0.380. The Morgan fingerprint density at radius 3 is 2.28 bits per heavy atom. The lowest BCUT2D eigenvalue weighted by atomic mass is 10.2. The summed E-state index contributed by atoms with van der Waals surface area (Å²) in [6.45, 7) is 0.484. The maximum absolute atomic E-state index is 6.19. The van der Waals surface area contributed by atoms with Gasteiger partial charge in [-0.25, -0.2) is 0 Å². The third-order valence-corrected chi connectivity index (χ3v) is 4.58. The van der Waals surface area contributed by atoms with E-state index >= 15 is 0 Å². The fraction of sp³-hybridized carbons (Fsp3) is 0.0769. The van der Waals surface area contributed by atoms with Crippen LogP contribution >= 0.6 is 46.6 Å². The van der Waals surface area contributed by atoms with E-state index in [1.165, 1.54) is 0 Å². The highest BCUT2D eigenvalue weighted by atomic mass is 35.5. The molecule has 0 saturated carbocycles. The predicted octanol–water partition coefficient (Wildman–Crippen LogP) is 5.26. The highest BCUT2D eigenvalue weighted by Gasteiger charge is 2.05. The van der Waals surface area contributed by atoms with Crippen molar-refractivity contribution in [2.24, 2.45) is 5.73 Å². The van der Waals surface area contributed by atoms with E-state index in [2.05, 4.69) is 0 Å². The van der Waals surface area contributed by atoms with Crippen LogP contribution in [0.2, 0.25) is 15.1 Å². The van der Waals surface area contributed by atoms with Crippen molar-refractivity contribution in [3.8, 4) is 0 Å². The minimum Gasteiger partial charge on any atom is -0.326 e. The van der Waals surface area contributed by atoms with Gasteiger partial charge in [-0.2, -0.15) is 0 Å². The molecular weight excluding hydrogens is 309 g/mol. The van der Waals surface area contributed by atoms with E-state index in [-0.39, 0.29) is 0 Å². The summed E-state index contributed by atoms with van der Waals surface area (Å²) in [7, 11) is 0. The molecule has 2 aromatic carbocycles. The van der Waals surface area contributed by atoms with Crippen molar-refractivity contribution in [2.45, 2.75) is 16.3 Å². The lowest BCUT2D eigenvalue weighted by Gasteiger charge is -2.07. The lowest BCUT2D eigenvalue weighted by Crippen LogP contribution is -1.95. The zero-order valence-corrected chi connectivity index (χ0v) is 12.4. The first-order valence-electron chi connectivity index (χ1n) is 5.21. The van der Waals surface area contributed by atoms with E-state index in [0.717, 1.165) is 15.4 Å². The van der Waals surface area contributed by atoms with Crippen LogP contribution in [0.5, 0.6) is 0 Å². The Balaban J connectivity index is 2.25. The highest BCUT2D eigenvalue weighted by Crippen LogP contribution is 2.36. The van der Waals surface area contributed by atoms with Gasteiger partial charge in [0, 0.05) is 16.3 Å². The molecule has 2 N–H and O–H groups in total. The normalized spacial score (nSPS) is 10.7. The second-order valence-corrected chi connectivity index (χ2v) is 5.98. The molecule has 0 fully saturated rings. The quantitative estimate of drug-likeness (QED) is 0.835. The fourth-order valence-electron chi connectivity index (χ4n) is 1.42. The molecule has 2 aromatic rings. The van der Waals surface area contributed by atoms with Crippen LogP contribution in [-0.2, 0) is 6.54 Å². The van der Waals surface area contributed by atoms with Crippen molar-refractivity contribution in [2.75, 3.05) is 0 Å². The summed E-state index contributed by atoms with van der Waals surface area (Å²) in [5.41, 5.74) is 6.57. The predicted molar refractivity (Wildman–Crippen MR) is 79.9 cm³/mol. The highest BCUT2D eigenvalue weighted by molar-refractivity contribution is 7.99. The average molecular weight is 319 g/mol. The van der Waals surface area contributed by atoms with Gasteiger partial charge in [0.15, 0.2) is 0 Å². The van der Waals surface area contributed by atoms with Gasteiger partial charge in [-0.15, -0.1) is 0 Å². The van der Waals surface area contributed by atoms with Crippen LogP contribution in [0.15, 0.2) is 46.2 Å². The Morgan fingerprint density at radius 2 is 1.67 bits per heavy atom. The van der Waals surface area contributed by atoms with Crippen molar-refractivity contribution in [3.63, 3.8) is 0 Å². The van der Waals surface area contributed by atoms with Gasteiger partial charge in [0.25, 0.3) is 0 Å². The van der Waals surface area contributed by atoms with Gasteiger partial charge in [-0.05, 0) is 35.9 Å². The van der Waals surface area contributed by atoms with Gasteiger partial charge in [-0.1, -0.05) is 52.6 Å². The Bertz CT molecular complexity index is 572. The summed E-state index contributed by atoms with van der Waals surface area (Å²) in [5.74, 6) is 0. The molecule has 0 atom stereocenters. The van der Waals surface area contributed by atoms with E-state index in [4.69, 9.17) is 40.5 Å². The molecule has 0 amide bonds. The van der Waals surface area contributed by atoms with Crippen LogP contribution in [0.1, 0.15) is 5.56 Å². The molecule has 0 radical (unpaired) electrons. The molecule has 0 heterocycles. The van der Waals surface area contributed by atoms with Gasteiger partial charge < -0.3 is 5.73 Å². The van der Waals surface area contributed by atoms with E-state index < -0.39 is 0 Å². The second kappa shape index (κ2) is 6.18. The minimum atomic E-state index is 0.484. The molecule has 0 aromatic heterocycles. The average Bonchev–Trinajstić information content (AvgIpc) is 2.36. The largest absolute Gasteiger partial charge is 0.326 e. The van der Waals surface area contributed by atoms with Crippen LogP contribution < -0.4 is 5.73 Å². The van der Waals surface area contributed by atoms with Gasteiger partial charge in [0.1, 0.15) is 0 Å². The number of benzene rings is 2. The third-order valence-electron chi connectivity index (χ3n) is 2.35. The van der Waals surface area contributed by atoms with Crippen LogP contribution in [0.4, 0.5) is 0 Å². The SMILES string of the molecule is NCc1ccc(Sc2ccc(Cl)c(Cl)c2)c(Cl)c1. The molecule has 2 rings (SSSR count). The third kappa shape index (κ3) is 3.34. The maximum Gasteiger partial charge on any atom is 0.0603 e. The first kappa shape index (κ1) is 14.0. The van der Waals surface area contributed by atoms with Gasteiger partial charge in [0.05, 0.1) is 15.1 Å². The van der Waals surface area contributed by atoms with Crippen LogP contribution in [0.25, 0.3) is 0 Å². The van der Waals surface area contributed by atoms with E-state index in [9.17, 15) is 0 Å². The standard InChI is InChI=1S/C13H10Cl3NS/c14-10-3-2-9(6-11(10)15)18-13-4-1-8(7-17)5-12(13)16/h1-6H,7,17H2. The fourth-order valence-corrected chi connectivity index (χ4v) is 2.96. The maximum atomic E-state index is 6.19. The molecule has 0 aliphatic heterocycles. The molecule has 5 heteroatoms. The summed E-state index contributed by atoms with van der Waals surface area (Å²) in [4.78, 5) is 1.96. The summed E-state index contributed by atoms with van der Waals surface area (Å²) in [6.07, 6.45) is 0. The molecule has 0 aliphatic rings. The van der Waals surface area contributed by atoms with Crippen molar-refractivity contribution >= 4 is 46.6 Å². The summed E-state index contributed by atoms with van der Waals surface area (Å²) in [6, 6.07) is 11.3. The Labute approximate surface area is 125 Å². The summed E-state index contributed by atoms with van der Waals surface area (Å²) >= 11 is 19.6. The van der Waals surface area contributed by atoms with E-state index in [1.54, 1.807) is 17.8 Å². The van der Waals surface area contributed by atoms with E-state index in [1.807, 2.05) is 30.3 Å². The topological polar surface area (TPSA) is 26.0 Å². The first-order valence-corrected chi connectivity index (χ1v) is 7.16. The van der Waals surface area contributed by atoms with Gasteiger partial charge in [0.2, 0.25) is 0 Å². The number of rotatable bonds is 3. The van der Waals surface area contributed by atoms with Crippen molar-refractivity contribution in [1.82, 2.24) is 0 Å². The molecule has 0 saturated heterocycles. The number of halogens is 3. The molecule has 94 valence electrons. The molecule has 1 nitrogen and oxygen atoms in total. The molecular formula is C13H10Cl3NS. The number of nitrogens with two attached hydrogens (primary N) is 1.